The lowest BCUT2D eigenvalue weighted by Crippen LogP contribution is -2.34. The van der Waals surface area contributed by atoms with Gasteiger partial charge in [-0.25, -0.2) is 0 Å². The van der Waals surface area contributed by atoms with Crippen LogP contribution in [0.25, 0.3) is 0 Å². The molecule has 0 unspecified atom stereocenters. The molecule has 0 saturated heterocycles. The second-order valence-electron chi connectivity index (χ2n) is 5.76. The van der Waals surface area contributed by atoms with Crippen molar-refractivity contribution in [1.82, 2.24) is 5.32 Å². The fourth-order valence-electron chi connectivity index (χ4n) is 2.65. The molecule has 0 saturated carbocycles. The summed E-state index contributed by atoms with van der Waals surface area (Å²) in [6.45, 7) is 8.42. The van der Waals surface area contributed by atoms with Gasteiger partial charge in [0.15, 0.2) is 5.11 Å². The van der Waals surface area contributed by atoms with Crippen LogP contribution >= 0.6 is 28.1 Å². The molecule has 0 aliphatic rings. The number of benzene rings is 2. The van der Waals surface area contributed by atoms with Crippen LogP contribution in [0, 0.1) is 20.8 Å². The van der Waals surface area contributed by atoms with Gasteiger partial charge in [0.2, 0.25) is 0 Å². The second kappa shape index (κ2) is 8.45. The lowest BCUT2D eigenvalue weighted by atomic mass is 10.1. The minimum Gasteiger partial charge on any atom is -0.493 e. The number of halogens is 1. The van der Waals surface area contributed by atoms with Crippen molar-refractivity contribution >= 4 is 44.9 Å². The van der Waals surface area contributed by atoms with Gasteiger partial charge in [0.05, 0.1) is 12.2 Å². The number of anilines is 1. The Labute approximate surface area is 162 Å². The smallest absolute Gasteiger partial charge is 0.261 e. The molecule has 0 aromatic heterocycles. The summed E-state index contributed by atoms with van der Waals surface area (Å²) in [7, 11) is 0. The van der Waals surface area contributed by atoms with E-state index in [1.54, 1.807) is 12.1 Å². The largest absolute Gasteiger partial charge is 0.493 e. The number of hydrogen-bond acceptors (Lipinski definition) is 3. The van der Waals surface area contributed by atoms with E-state index in [4.69, 9.17) is 17.0 Å². The van der Waals surface area contributed by atoms with Gasteiger partial charge in [-0.05, 0) is 69.2 Å². The molecule has 0 heterocycles. The van der Waals surface area contributed by atoms with Crippen molar-refractivity contribution in [1.29, 1.82) is 0 Å². The lowest BCUT2D eigenvalue weighted by molar-refractivity contribution is 0.0974. The van der Waals surface area contributed by atoms with Crippen molar-refractivity contribution in [3.63, 3.8) is 0 Å². The fourth-order valence-corrected chi connectivity index (χ4v) is 3.21. The zero-order valence-electron chi connectivity index (χ0n) is 14.7. The van der Waals surface area contributed by atoms with Crippen LogP contribution in [0.3, 0.4) is 0 Å². The summed E-state index contributed by atoms with van der Waals surface area (Å²) in [5.74, 6) is 0.207. The number of aryl methyl sites for hydroxylation is 3. The number of rotatable bonds is 4. The van der Waals surface area contributed by atoms with Gasteiger partial charge in [-0.3, -0.25) is 10.1 Å². The molecule has 0 spiro atoms. The van der Waals surface area contributed by atoms with E-state index in [0.717, 1.165) is 21.3 Å². The molecule has 0 aliphatic carbocycles. The maximum atomic E-state index is 12.6. The van der Waals surface area contributed by atoms with Crippen LogP contribution < -0.4 is 15.4 Å². The molecule has 25 heavy (non-hydrogen) atoms. The fraction of sp³-hybridized carbons (Fsp3) is 0.263. The third-order valence-electron chi connectivity index (χ3n) is 3.63. The topological polar surface area (TPSA) is 50.4 Å². The van der Waals surface area contributed by atoms with Gasteiger partial charge in [-0.1, -0.05) is 33.6 Å². The Morgan fingerprint density at radius 2 is 1.80 bits per heavy atom. The third-order valence-corrected chi connectivity index (χ3v) is 4.33. The molecule has 0 aliphatic heterocycles. The molecule has 4 nitrogen and oxygen atoms in total. The Kier molecular flexibility index (Phi) is 6.56. The maximum absolute atomic E-state index is 12.6. The normalized spacial score (nSPS) is 10.3. The molecule has 2 aromatic carbocycles. The van der Waals surface area contributed by atoms with Crippen LogP contribution in [0.4, 0.5) is 5.69 Å². The summed E-state index contributed by atoms with van der Waals surface area (Å²) in [5, 5.41) is 6.09. The highest BCUT2D eigenvalue weighted by Gasteiger charge is 2.15. The van der Waals surface area contributed by atoms with E-state index in [0.29, 0.717) is 17.9 Å². The van der Waals surface area contributed by atoms with Crippen molar-refractivity contribution in [3.05, 3.63) is 57.1 Å². The predicted molar refractivity (Wildman–Crippen MR) is 110 cm³/mol. The van der Waals surface area contributed by atoms with Gasteiger partial charge in [0, 0.05) is 10.2 Å². The number of thiocarbonyl (C=S) groups is 1. The number of ether oxygens (including phenoxy) is 1. The maximum Gasteiger partial charge on any atom is 0.261 e. The van der Waals surface area contributed by atoms with Crippen LogP contribution in [-0.2, 0) is 0 Å². The minimum atomic E-state index is -0.315. The standard InChI is InChI=1S/C19H21BrN2O2S/c1-5-24-16-7-6-14(20)10-15(16)18(23)22-19(25)21-17-12(3)8-11(2)9-13(17)4/h6-10H,5H2,1-4H3,(H2,21,22,23,25). The number of carbonyl (C=O) groups excluding carboxylic acids is 1. The van der Waals surface area contributed by atoms with Crippen molar-refractivity contribution in [3.8, 4) is 5.75 Å². The summed E-state index contributed by atoms with van der Waals surface area (Å²) in [5.41, 5.74) is 4.68. The van der Waals surface area contributed by atoms with Gasteiger partial charge in [-0.2, -0.15) is 0 Å². The Morgan fingerprint density at radius 1 is 1.16 bits per heavy atom. The average Bonchev–Trinajstić information content (AvgIpc) is 2.52. The summed E-state index contributed by atoms with van der Waals surface area (Å²) >= 11 is 8.69. The van der Waals surface area contributed by atoms with Gasteiger partial charge >= 0.3 is 0 Å². The molecule has 6 heteroatoms. The SMILES string of the molecule is CCOc1ccc(Br)cc1C(=O)NC(=S)Nc1c(C)cc(C)cc1C. The van der Waals surface area contributed by atoms with Crippen LogP contribution in [-0.4, -0.2) is 17.6 Å². The number of hydrogen-bond donors (Lipinski definition) is 2. The van der Waals surface area contributed by atoms with E-state index in [1.807, 2.05) is 33.8 Å². The van der Waals surface area contributed by atoms with Crippen molar-refractivity contribution < 1.29 is 9.53 Å². The molecule has 0 atom stereocenters. The first-order valence-corrected chi connectivity index (χ1v) is 9.14. The molecular formula is C19H21BrN2O2S. The minimum absolute atomic E-state index is 0.252. The Morgan fingerprint density at radius 3 is 2.40 bits per heavy atom. The van der Waals surface area contributed by atoms with Crippen LogP contribution in [0.2, 0.25) is 0 Å². The second-order valence-corrected chi connectivity index (χ2v) is 7.08. The molecule has 2 rings (SSSR count). The van der Waals surface area contributed by atoms with Gasteiger partial charge < -0.3 is 10.1 Å². The zero-order valence-corrected chi connectivity index (χ0v) is 17.1. The first-order chi connectivity index (χ1) is 11.8. The lowest BCUT2D eigenvalue weighted by Gasteiger charge is -2.16. The van der Waals surface area contributed by atoms with E-state index in [2.05, 4.69) is 38.7 Å². The van der Waals surface area contributed by atoms with E-state index in [-0.39, 0.29) is 11.0 Å². The van der Waals surface area contributed by atoms with Crippen molar-refractivity contribution in [2.24, 2.45) is 0 Å². The molecule has 0 radical (unpaired) electrons. The first-order valence-electron chi connectivity index (χ1n) is 7.94. The Bertz CT molecular complexity index is 798. The van der Waals surface area contributed by atoms with E-state index in [1.165, 1.54) is 5.56 Å². The quantitative estimate of drug-likeness (QED) is 0.690. The van der Waals surface area contributed by atoms with Gasteiger partial charge in [0.25, 0.3) is 5.91 Å². The van der Waals surface area contributed by atoms with Gasteiger partial charge in [-0.15, -0.1) is 0 Å². The summed E-state index contributed by atoms with van der Waals surface area (Å²) in [6.07, 6.45) is 0. The van der Waals surface area contributed by atoms with Gasteiger partial charge in [0.1, 0.15) is 5.75 Å². The highest BCUT2D eigenvalue weighted by molar-refractivity contribution is 9.10. The van der Waals surface area contributed by atoms with Crippen LogP contribution in [0.15, 0.2) is 34.8 Å². The molecule has 132 valence electrons. The third kappa shape index (κ3) is 5.03. The van der Waals surface area contributed by atoms with E-state index >= 15 is 0 Å². The summed E-state index contributed by atoms with van der Waals surface area (Å²) in [6, 6.07) is 9.44. The molecular weight excluding hydrogens is 400 g/mol. The first kappa shape index (κ1) is 19.4. The molecule has 2 aromatic rings. The number of nitrogens with one attached hydrogen (secondary N) is 2. The summed E-state index contributed by atoms with van der Waals surface area (Å²) < 4.78 is 6.32. The molecule has 0 fully saturated rings. The molecule has 0 bridgehead atoms. The highest BCUT2D eigenvalue weighted by Crippen LogP contribution is 2.24. The van der Waals surface area contributed by atoms with Crippen LogP contribution in [0.5, 0.6) is 5.75 Å². The molecule has 1 amide bonds. The summed E-state index contributed by atoms with van der Waals surface area (Å²) in [4.78, 5) is 12.6. The number of amides is 1. The van der Waals surface area contributed by atoms with Crippen molar-refractivity contribution in [2.45, 2.75) is 27.7 Å². The van der Waals surface area contributed by atoms with E-state index in [9.17, 15) is 4.79 Å². The zero-order chi connectivity index (χ0) is 18.6. The monoisotopic (exact) mass is 420 g/mol. The predicted octanol–water partition coefficient (Wildman–Crippen LogP) is 4.90. The molecule has 2 N–H and O–H groups in total. The highest BCUT2D eigenvalue weighted by atomic mass is 79.9. The number of carbonyl (C=O) groups is 1. The Hall–Kier alpha value is -1.92. The van der Waals surface area contributed by atoms with Crippen molar-refractivity contribution in [2.75, 3.05) is 11.9 Å². The van der Waals surface area contributed by atoms with Crippen LogP contribution in [0.1, 0.15) is 34.0 Å². The Balaban J connectivity index is 2.16. The average molecular weight is 421 g/mol. The van der Waals surface area contributed by atoms with E-state index < -0.39 is 0 Å².